The highest BCUT2D eigenvalue weighted by Gasteiger charge is 2.43. The fraction of sp³-hybridized carbons (Fsp3) is 0.561. The summed E-state index contributed by atoms with van der Waals surface area (Å²) in [6.45, 7) is 16.4. The number of benzene rings is 3. The summed E-state index contributed by atoms with van der Waals surface area (Å²) >= 11 is 5.86. The summed E-state index contributed by atoms with van der Waals surface area (Å²) in [5.74, 6) is -15.8. The first kappa shape index (κ1) is 98.9. The number of nitrogens with two attached hydrogens (primary N) is 3. The van der Waals surface area contributed by atoms with Crippen molar-refractivity contribution >= 4 is 130 Å². The lowest BCUT2D eigenvalue weighted by Crippen LogP contribution is -2.63. The summed E-state index contributed by atoms with van der Waals surface area (Å²) in [6, 6.07) is 4.88. The molecular weight excluding hydrogens is 1580 g/mol. The number of carbonyl (C=O) groups excluding carboxylic acids is 15. The Bertz CT molecular complexity index is 4140. The van der Waals surface area contributed by atoms with Crippen LogP contribution in [0.2, 0.25) is 0 Å². The molecule has 0 radical (unpaired) electrons. The summed E-state index contributed by atoms with van der Waals surface area (Å²) in [4.78, 5) is 227. The highest BCUT2D eigenvalue weighted by atomic mass is 32.2. The number of nitrogens with zero attached hydrogens (tertiary/aromatic N) is 1. The molecule has 0 saturated carbocycles. The predicted octanol–water partition coefficient (Wildman–Crippen LogP) is -0.175. The third-order valence-corrected chi connectivity index (χ3v) is 21.3. The molecule has 0 bridgehead atoms. The average molecular weight is 1700 g/mol. The number of nitrogens with one attached hydrogen (secondary N) is 13. The maximum atomic E-state index is 15.1. The van der Waals surface area contributed by atoms with E-state index >= 15 is 4.79 Å². The number of thioether (sulfide) groups is 1. The third-order valence-electron chi connectivity index (χ3n) is 20.3. The van der Waals surface area contributed by atoms with Crippen LogP contribution in [0.4, 0.5) is 0 Å². The lowest BCUT2D eigenvalue weighted by atomic mass is 9.96. The molecule has 2 heterocycles. The number of hydrogen-bond acceptors (Lipinski definition) is 20. The summed E-state index contributed by atoms with van der Waals surface area (Å²) in [5.41, 5.74) is 19.6. The van der Waals surface area contributed by atoms with E-state index in [4.69, 9.17) is 17.2 Å². The fourth-order valence-corrected chi connectivity index (χ4v) is 14.1. The van der Waals surface area contributed by atoms with E-state index < -0.39 is 216 Å². The molecule has 16 atom stereocenters. The molecule has 0 aliphatic carbocycles. The normalized spacial score (nSPS) is 16.4. The minimum Gasteiger partial charge on any atom is -0.480 e. The molecule has 1 aromatic heterocycles. The average Bonchev–Trinajstić information content (AvgIpc) is 1.71. The third kappa shape index (κ3) is 31.9. The number of amides is 15. The molecular formula is C82H121N17O18S2. The minimum atomic E-state index is -1.82. The van der Waals surface area contributed by atoms with Gasteiger partial charge < -0.3 is 101 Å². The number of aromatic amines is 1. The van der Waals surface area contributed by atoms with Crippen LogP contribution in [0, 0.1) is 23.7 Å². The van der Waals surface area contributed by atoms with E-state index in [1.54, 1.807) is 122 Å². The van der Waals surface area contributed by atoms with E-state index in [2.05, 4.69) is 81.4 Å². The van der Waals surface area contributed by atoms with Gasteiger partial charge in [-0.15, -0.1) is 0 Å². The van der Waals surface area contributed by atoms with Crippen molar-refractivity contribution in [3.05, 3.63) is 108 Å². The van der Waals surface area contributed by atoms with Crippen molar-refractivity contribution in [3.8, 4) is 0 Å². The predicted molar refractivity (Wildman–Crippen MR) is 450 cm³/mol. The quantitative estimate of drug-likeness (QED) is 0.0255. The molecule has 5 rings (SSSR count). The summed E-state index contributed by atoms with van der Waals surface area (Å²) in [5, 5.41) is 53.1. The highest BCUT2D eigenvalue weighted by Crippen LogP contribution is 2.24. The molecule has 0 spiro atoms. The number of likely N-dealkylation sites (tertiary alicyclic amines) is 1. The van der Waals surface area contributed by atoms with Gasteiger partial charge in [0.25, 0.3) is 0 Å². The monoisotopic (exact) mass is 1700 g/mol. The van der Waals surface area contributed by atoms with Crippen LogP contribution < -0.4 is 81.0 Å². The van der Waals surface area contributed by atoms with E-state index in [-0.39, 0.29) is 69.7 Å². The molecule has 1 aliphatic heterocycles. The molecule has 3 aromatic carbocycles. The first-order chi connectivity index (χ1) is 56.3. The lowest BCUT2D eigenvalue weighted by Gasteiger charge is -2.32. The molecule has 1 saturated heterocycles. The summed E-state index contributed by atoms with van der Waals surface area (Å²) in [6.07, 6.45) is 1.09. The van der Waals surface area contributed by atoms with Crippen LogP contribution in [0.5, 0.6) is 0 Å². The van der Waals surface area contributed by atoms with Crippen molar-refractivity contribution in [2.75, 3.05) is 24.3 Å². The number of fused-ring (bicyclic) bond motifs is 1. The van der Waals surface area contributed by atoms with E-state index in [0.29, 0.717) is 41.7 Å². The van der Waals surface area contributed by atoms with Gasteiger partial charge >= 0.3 is 5.97 Å². The number of para-hydroxylation sites is 1. The van der Waals surface area contributed by atoms with Crippen molar-refractivity contribution in [1.82, 2.24) is 73.7 Å². The number of aliphatic hydroxyl groups excluding tert-OH is 1. The SMILES string of the molecule is CC[C@H](C)[C@H](NC(=O)[C@H](Cc1c[nH]c2ccccc12)NC(=O)[C@@H](N)CCSC)C(=O)N[C@H](C(=O)N[C@@H](CCC(N)=O)C(=O)N[C@@H](CS)C(=O)N[C@@H](Cc1ccccc1)C(=O)N[C@@H](CC(C)C)C(=O)N1CCC[C@H]1C(=O)N[C@H](C(=O)N[C@@H](Cc1ccccc1)C(=O)N[C@@H](CC(C)C)C(=O)N[C@@H](C)C(=O)N[C@@H](CCC(N)=O)C(=O)O)C(C)C)[C@@H](C)O. The number of H-pyrrole nitrogens is 1. The van der Waals surface area contributed by atoms with Gasteiger partial charge in [0.05, 0.1) is 12.1 Å². The second kappa shape index (κ2) is 49.0. The van der Waals surface area contributed by atoms with Crippen molar-refractivity contribution in [2.45, 2.75) is 243 Å². The van der Waals surface area contributed by atoms with Crippen LogP contribution in [0.3, 0.4) is 0 Å². The standard InChI is InChI=1S/C82H121N17O18S2/c1-12-46(8)67(97-75(109)60(90-70(104)53(83)33-35-119-11)40-51-41-86-54-27-20-19-26-52(51)54)79(113)98-68(48(10)100)80(114)88-55(29-31-64(84)101)71(105)95-62(42-118)76(110)92-58(38-49-22-15-13-16-23-49)74(108)94-61(37-44(4)5)81(115)99-34-21-28-63(99)77(111)96-66(45(6)7)78(112)93-59(39-50-24-17-14-18-25-50)73(107)91-57(36-43(2)3)72(106)87-47(9)69(103)89-56(82(116)117)30-32-65(85)102/h13-20,22-27,41,43-48,53,55-63,66-68,86,100,118H,12,21,28-40,42,83H2,1-11H3,(H2,84,101)(H2,85,102)(H,87,106)(H,88,114)(H,89,103)(H,90,104)(H,91,107)(H,92,110)(H,93,112)(H,94,108)(H,95,105)(H,96,111)(H,97,109)(H,98,113)(H,116,117)/t46-,47-,48+,53-,55-,56-,57-,58-,59-,60-,61-,62-,63-,66-,67-,68-/m0/s1. The Labute approximate surface area is 703 Å². The van der Waals surface area contributed by atoms with Gasteiger partial charge in [0.1, 0.15) is 78.5 Å². The highest BCUT2D eigenvalue weighted by molar-refractivity contribution is 7.98. The van der Waals surface area contributed by atoms with E-state index in [1.165, 1.54) is 30.5 Å². The van der Waals surface area contributed by atoms with Gasteiger partial charge in [-0.1, -0.05) is 141 Å². The molecule has 1 aliphatic rings. The second-order valence-corrected chi connectivity index (χ2v) is 32.7. The number of primary amides is 2. The number of rotatable bonds is 50. The molecule has 0 unspecified atom stereocenters. The first-order valence-corrected chi connectivity index (χ1v) is 42.2. The van der Waals surface area contributed by atoms with Gasteiger partial charge in [-0.05, 0) is 117 Å². The minimum absolute atomic E-state index is 0.0236. The van der Waals surface area contributed by atoms with E-state index in [9.17, 15) is 82.1 Å². The number of carboxylic acids is 1. The Kier molecular flexibility index (Phi) is 40.8. The Morgan fingerprint density at radius 3 is 1.49 bits per heavy atom. The molecule has 119 heavy (non-hydrogen) atoms. The number of aliphatic hydroxyl groups is 1. The van der Waals surface area contributed by atoms with Crippen molar-refractivity contribution < 1.29 is 86.9 Å². The zero-order valence-electron chi connectivity index (χ0n) is 69.4. The smallest absolute Gasteiger partial charge is 0.326 e. The molecule has 4 aromatic rings. The molecule has 37 heteroatoms. The Morgan fingerprint density at radius 2 is 0.950 bits per heavy atom. The zero-order chi connectivity index (χ0) is 88.5. The summed E-state index contributed by atoms with van der Waals surface area (Å²) < 4.78 is 0. The van der Waals surface area contributed by atoms with Crippen LogP contribution in [0.25, 0.3) is 10.9 Å². The molecule has 15 amide bonds. The number of thiol groups is 1. The summed E-state index contributed by atoms with van der Waals surface area (Å²) in [7, 11) is 0. The van der Waals surface area contributed by atoms with Gasteiger partial charge in [-0.3, -0.25) is 71.9 Å². The number of aromatic nitrogens is 1. The first-order valence-electron chi connectivity index (χ1n) is 40.2. The maximum absolute atomic E-state index is 15.1. The van der Waals surface area contributed by atoms with E-state index in [0.717, 1.165) is 10.9 Å². The molecule has 21 N–H and O–H groups in total. The van der Waals surface area contributed by atoms with Crippen LogP contribution in [0.1, 0.15) is 150 Å². The van der Waals surface area contributed by atoms with Crippen LogP contribution in [-0.4, -0.2) is 230 Å². The fourth-order valence-electron chi connectivity index (χ4n) is 13.4. The van der Waals surface area contributed by atoms with Crippen molar-refractivity contribution in [2.24, 2.45) is 40.9 Å². The number of carbonyl (C=O) groups is 16. The topological polar surface area (TPSA) is 555 Å². The Hall–Kier alpha value is -10.7. The number of carboxylic acid groups (broad SMARTS) is 1. The molecule has 654 valence electrons. The van der Waals surface area contributed by atoms with Gasteiger partial charge in [-0.2, -0.15) is 24.4 Å². The van der Waals surface area contributed by atoms with Gasteiger partial charge in [0, 0.05) is 61.5 Å². The van der Waals surface area contributed by atoms with Crippen LogP contribution in [0.15, 0.2) is 91.1 Å². The van der Waals surface area contributed by atoms with Crippen molar-refractivity contribution in [1.29, 1.82) is 0 Å². The zero-order valence-corrected chi connectivity index (χ0v) is 71.1. The van der Waals surface area contributed by atoms with Gasteiger partial charge in [0.15, 0.2) is 0 Å². The van der Waals surface area contributed by atoms with Crippen LogP contribution in [-0.2, 0) is 96.0 Å². The lowest BCUT2D eigenvalue weighted by molar-refractivity contribution is -0.143. The molecule has 35 nitrogen and oxygen atoms in total. The van der Waals surface area contributed by atoms with Crippen molar-refractivity contribution in [3.63, 3.8) is 0 Å². The number of aliphatic carboxylic acids is 1. The molecule has 1 fully saturated rings. The Balaban J connectivity index is 1.33. The van der Waals surface area contributed by atoms with E-state index in [1.807, 2.05) is 30.5 Å². The largest absolute Gasteiger partial charge is 0.480 e. The van der Waals surface area contributed by atoms with Gasteiger partial charge in [-0.25, -0.2) is 4.79 Å². The Morgan fingerprint density at radius 1 is 0.504 bits per heavy atom. The second-order valence-electron chi connectivity index (χ2n) is 31.4. The number of hydrogen-bond donors (Lipinski definition) is 19. The van der Waals surface area contributed by atoms with Crippen LogP contribution >= 0.6 is 24.4 Å². The maximum Gasteiger partial charge on any atom is 0.326 e. The van der Waals surface area contributed by atoms with Gasteiger partial charge in [0.2, 0.25) is 88.6 Å².